The predicted molar refractivity (Wildman–Crippen MR) is 80.7 cm³/mol. The van der Waals surface area contributed by atoms with Gasteiger partial charge in [-0.2, -0.15) is 0 Å². The summed E-state index contributed by atoms with van der Waals surface area (Å²) < 4.78 is 1.49. The molecule has 1 aliphatic carbocycles. The quantitative estimate of drug-likeness (QED) is 0.802. The molecule has 1 aromatic carbocycles. The van der Waals surface area contributed by atoms with Gasteiger partial charge in [0.15, 0.2) is 0 Å². The van der Waals surface area contributed by atoms with Crippen molar-refractivity contribution in [2.75, 3.05) is 13.1 Å². The SMILES string of the molecule is CCCNCCc1csc2cc3c(cc12)CCC3. The Morgan fingerprint density at radius 2 is 2.00 bits per heavy atom. The van der Waals surface area contributed by atoms with Crippen LogP contribution in [0.15, 0.2) is 17.5 Å². The van der Waals surface area contributed by atoms with Gasteiger partial charge in [0.25, 0.3) is 0 Å². The van der Waals surface area contributed by atoms with Crippen molar-refractivity contribution in [3.05, 3.63) is 34.2 Å². The molecule has 3 rings (SSSR count). The molecule has 1 aromatic heterocycles. The van der Waals surface area contributed by atoms with Crippen LogP contribution in [0.5, 0.6) is 0 Å². The van der Waals surface area contributed by atoms with Crippen molar-refractivity contribution in [2.24, 2.45) is 0 Å². The van der Waals surface area contributed by atoms with E-state index in [9.17, 15) is 0 Å². The van der Waals surface area contributed by atoms with Crippen LogP contribution in [0.25, 0.3) is 10.1 Å². The number of rotatable bonds is 5. The van der Waals surface area contributed by atoms with Crippen molar-refractivity contribution < 1.29 is 0 Å². The minimum atomic E-state index is 1.11. The summed E-state index contributed by atoms with van der Waals surface area (Å²) in [5, 5.41) is 7.36. The standard InChI is InChI=1S/C16H21NS/c1-2-7-17-8-6-14-11-18-16-10-13-5-3-4-12(13)9-15(14)16/h9-11,17H,2-8H2,1H3. The van der Waals surface area contributed by atoms with Crippen molar-refractivity contribution in [1.29, 1.82) is 0 Å². The van der Waals surface area contributed by atoms with Crippen LogP contribution in [-0.4, -0.2) is 13.1 Å². The third-order valence-electron chi connectivity index (χ3n) is 3.87. The van der Waals surface area contributed by atoms with E-state index in [2.05, 4.69) is 29.8 Å². The first-order valence-corrected chi connectivity index (χ1v) is 7.99. The third-order valence-corrected chi connectivity index (χ3v) is 4.86. The minimum absolute atomic E-state index is 1.11. The highest BCUT2D eigenvalue weighted by Gasteiger charge is 2.13. The Hall–Kier alpha value is -0.860. The topological polar surface area (TPSA) is 12.0 Å². The zero-order chi connectivity index (χ0) is 12.4. The zero-order valence-electron chi connectivity index (χ0n) is 11.1. The van der Waals surface area contributed by atoms with Crippen molar-refractivity contribution in [1.82, 2.24) is 5.32 Å². The number of hydrogen-bond acceptors (Lipinski definition) is 2. The summed E-state index contributed by atoms with van der Waals surface area (Å²) in [6.07, 6.45) is 6.31. The monoisotopic (exact) mass is 259 g/mol. The molecule has 0 amide bonds. The molecule has 2 aromatic rings. The lowest BCUT2D eigenvalue weighted by atomic mass is 10.0. The van der Waals surface area contributed by atoms with Gasteiger partial charge in [0.2, 0.25) is 0 Å². The molecule has 0 atom stereocenters. The van der Waals surface area contributed by atoms with E-state index in [0.29, 0.717) is 0 Å². The van der Waals surface area contributed by atoms with Crippen LogP contribution in [0.2, 0.25) is 0 Å². The Morgan fingerprint density at radius 1 is 1.17 bits per heavy atom. The van der Waals surface area contributed by atoms with Crippen LogP contribution in [-0.2, 0) is 19.3 Å². The number of nitrogens with one attached hydrogen (secondary N) is 1. The fourth-order valence-electron chi connectivity index (χ4n) is 2.87. The lowest BCUT2D eigenvalue weighted by Gasteiger charge is -2.04. The second-order valence-corrected chi connectivity index (χ2v) is 6.14. The summed E-state index contributed by atoms with van der Waals surface area (Å²) in [5.41, 5.74) is 4.73. The van der Waals surface area contributed by atoms with Crippen molar-refractivity contribution in [3.63, 3.8) is 0 Å². The van der Waals surface area contributed by atoms with E-state index in [1.54, 1.807) is 11.1 Å². The van der Waals surface area contributed by atoms with E-state index in [0.717, 1.165) is 13.1 Å². The van der Waals surface area contributed by atoms with Gasteiger partial charge < -0.3 is 5.32 Å². The fraction of sp³-hybridized carbons (Fsp3) is 0.500. The summed E-state index contributed by atoms with van der Waals surface area (Å²) in [5.74, 6) is 0. The molecule has 1 heterocycles. The van der Waals surface area contributed by atoms with Crippen LogP contribution < -0.4 is 5.32 Å². The van der Waals surface area contributed by atoms with Crippen molar-refractivity contribution in [2.45, 2.75) is 39.0 Å². The average Bonchev–Trinajstić information content (AvgIpc) is 2.98. The summed E-state index contributed by atoms with van der Waals surface area (Å²) in [6, 6.07) is 4.90. The number of benzene rings is 1. The molecular formula is C16H21NS. The van der Waals surface area contributed by atoms with Crippen molar-refractivity contribution in [3.8, 4) is 0 Å². The van der Waals surface area contributed by atoms with E-state index in [-0.39, 0.29) is 0 Å². The van der Waals surface area contributed by atoms with Crippen molar-refractivity contribution >= 4 is 21.4 Å². The molecule has 96 valence electrons. The Bertz CT molecular complexity index is 541. The zero-order valence-corrected chi connectivity index (χ0v) is 11.9. The molecule has 18 heavy (non-hydrogen) atoms. The van der Waals surface area contributed by atoms with Gasteiger partial charge in [-0.1, -0.05) is 6.92 Å². The van der Waals surface area contributed by atoms with Crippen LogP contribution in [0.3, 0.4) is 0 Å². The first-order valence-electron chi connectivity index (χ1n) is 7.11. The second kappa shape index (κ2) is 5.41. The Balaban J connectivity index is 1.80. The number of hydrogen-bond donors (Lipinski definition) is 1. The minimum Gasteiger partial charge on any atom is -0.316 e. The van der Waals surface area contributed by atoms with Gasteiger partial charge in [-0.25, -0.2) is 0 Å². The molecule has 0 saturated carbocycles. The fourth-order valence-corrected chi connectivity index (χ4v) is 3.91. The molecular weight excluding hydrogens is 238 g/mol. The molecule has 0 saturated heterocycles. The van der Waals surface area contributed by atoms with E-state index >= 15 is 0 Å². The summed E-state index contributed by atoms with van der Waals surface area (Å²) in [6.45, 7) is 4.46. The predicted octanol–water partition coefficient (Wildman–Crippen LogP) is 3.93. The Labute approximate surface area is 113 Å². The van der Waals surface area contributed by atoms with E-state index in [1.807, 2.05) is 11.3 Å². The van der Waals surface area contributed by atoms with Gasteiger partial charge >= 0.3 is 0 Å². The van der Waals surface area contributed by atoms with Gasteiger partial charge in [0.05, 0.1) is 0 Å². The maximum absolute atomic E-state index is 3.49. The van der Waals surface area contributed by atoms with E-state index in [4.69, 9.17) is 0 Å². The summed E-state index contributed by atoms with van der Waals surface area (Å²) in [4.78, 5) is 0. The maximum atomic E-state index is 3.49. The number of fused-ring (bicyclic) bond motifs is 2. The molecule has 1 N–H and O–H groups in total. The molecule has 1 nitrogen and oxygen atoms in total. The smallest absolute Gasteiger partial charge is 0.0348 e. The first kappa shape index (κ1) is 12.2. The normalized spacial score (nSPS) is 14.3. The van der Waals surface area contributed by atoms with E-state index in [1.165, 1.54) is 47.8 Å². The second-order valence-electron chi connectivity index (χ2n) is 5.23. The third kappa shape index (κ3) is 2.32. The number of thiophene rings is 1. The van der Waals surface area contributed by atoms with Crippen LogP contribution in [0.4, 0.5) is 0 Å². The van der Waals surface area contributed by atoms with Gasteiger partial charge in [-0.05, 0) is 84.8 Å². The summed E-state index contributed by atoms with van der Waals surface area (Å²) in [7, 11) is 0. The van der Waals surface area contributed by atoms with E-state index < -0.39 is 0 Å². The molecule has 0 radical (unpaired) electrons. The average molecular weight is 259 g/mol. The molecule has 0 spiro atoms. The van der Waals surface area contributed by atoms with Gasteiger partial charge in [0.1, 0.15) is 0 Å². The molecule has 0 aliphatic heterocycles. The Morgan fingerprint density at radius 3 is 2.83 bits per heavy atom. The molecule has 2 heteroatoms. The highest BCUT2D eigenvalue weighted by atomic mass is 32.1. The largest absolute Gasteiger partial charge is 0.316 e. The summed E-state index contributed by atoms with van der Waals surface area (Å²) >= 11 is 1.92. The van der Waals surface area contributed by atoms with Crippen LogP contribution in [0.1, 0.15) is 36.5 Å². The lowest BCUT2D eigenvalue weighted by Crippen LogP contribution is -2.17. The maximum Gasteiger partial charge on any atom is 0.0348 e. The van der Waals surface area contributed by atoms with Gasteiger partial charge in [-0.15, -0.1) is 11.3 Å². The first-order chi connectivity index (χ1) is 8.88. The lowest BCUT2D eigenvalue weighted by molar-refractivity contribution is 0.673. The van der Waals surface area contributed by atoms with Gasteiger partial charge in [0, 0.05) is 4.70 Å². The Kier molecular flexibility index (Phi) is 3.67. The van der Waals surface area contributed by atoms with Crippen LogP contribution >= 0.6 is 11.3 Å². The molecule has 0 bridgehead atoms. The number of aryl methyl sites for hydroxylation is 2. The highest BCUT2D eigenvalue weighted by Crippen LogP contribution is 2.33. The highest BCUT2D eigenvalue weighted by molar-refractivity contribution is 7.17. The molecule has 0 unspecified atom stereocenters. The van der Waals surface area contributed by atoms with Crippen LogP contribution in [0, 0.1) is 0 Å². The van der Waals surface area contributed by atoms with Gasteiger partial charge in [-0.3, -0.25) is 0 Å². The molecule has 0 fully saturated rings. The molecule has 1 aliphatic rings.